The maximum absolute atomic E-state index is 13.1. The van der Waals surface area contributed by atoms with E-state index in [4.69, 9.17) is 4.74 Å². The van der Waals surface area contributed by atoms with Crippen LogP contribution in [-0.4, -0.2) is 56.0 Å². The number of rotatable bonds is 5. The van der Waals surface area contributed by atoms with Gasteiger partial charge in [0.2, 0.25) is 0 Å². The summed E-state index contributed by atoms with van der Waals surface area (Å²) in [5.74, 6) is 0.613. The lowest BCUT2D eigenvalue weighted by molar-refractivity contribution is -0.0198. The van der Waals surface area contributed by atoms with Gasteiger partial charge < -0.3 is 14.7 Å². The van der Waals surface area contributed by atoms with E-state index in [2.05, 4.69) is 10.1 Å². The summed E-state index contributed by atoms with van der Waals surface area (Å²) in [7, 11) is 0. The lowest BCUT2D eigenvalue weighted by Crippen LogP contribution is -2.51. The molecule has 2 aromatic heterocycles. The number of aliphatic hydroxyl groups is 1. The molecule has 3 heterocycles. The molecule has 1 fully saturated rings. The van der Waals surface area contributed by atoms with Crippen molar-refractivity contribution in [3.8, 4) is 5.75 Å². The molecular formula is C25H24N4O3. The number of piperidine rings is 1. The van der Waals surface area contributed by atoms with Gasteiger partial charge >= 0.3 is 0 Å². The third-order valence-corrected chi connectivity index (χ3v) is 5.78. The van der Waals surface area contributed by atoms with Crippen LogP contribution in [0.1, 0.15) is 22.3 Å². The van der Waals surface area contributed by atoms with E-state index in [1.807, 2.05) is 65.5 Å². The van der Waals surface area contributed by atoms with Gasteiger partial charge in [0.25, 0.3) is 5.91 Å². The summed E-state index contributed by atoms with van der Waals surface area (Å²) in [6.45, 7) is 1.37. The first-order valence-electron chi connectivity index (χ1n) is 10.7. The standard InChI is InChI=1S/C25H24N4O3/c30-23-17-28(25(31)20-4-1-3-18(13-20)16-29-11-2-9-27-29)12-8-24(23)32-22-6-5-19-7-10-26-15-21(19)14-22/h1-7,9-11,13-15,23-24,30H,8,12,16-17H2/t23-,24-/m1/s1. The minimum Gasteiger partial charge on any atom is -0.488 e. The number of aliphatic hydroxyl groups excluding tert-OH is 1. The normalized spacial score (nSPS) is 18.6. The van der Waals surface area contributed by atoms with Gasteiger partial charge in [-0.2, -0.15) is 5.10 Å². The van der Waals surface area contributed by atoms with Crippen LogP contribution in [0.4, 0.5) is 0 Å². The fourth-order valence-corrected chi connectivity index (χ4v) is 4.11. The number of aromatic nitrogens is 3. The number of hydrogen-bond donors (Lipinski definition) is 1. The van der Waals surface area contributed by atoms with E-state index in [1.165, 1.54) is 0 Å². The number of hydrogen-bond acceptors (Lipinski definition) is 5. The molecule has 5 rings (SSSR count). The molecule has 1 N–H and O–H groups in total. The molecule has 2 atom stereocenters. The summed E-state index contributed by atoms with van der Waals surface area (Å²) in [4.78, 5) is 18.9. The van der Waals surface area contributed by atoms with Gasteiger partial charge in [-0.1, -0.05) is 18.2 Å². The predicted octanol–water partition coefficient (Wildman–Crippen LogP) is 3.13. The van der Waals surface area contributed by atoms with Crippen molar-refractivity contribution in [3.05, 3.63) is 90.5 Å². The van der Waals surface area contributed by atoms with Gasteiger partial charge in [-0.05, 0) is 47.3 Å². The summed E-state index contributed by atoms with van der Waals surface area (Å²) < 4.78 is 7.88. The number of amides is 1. The molecule has 1 saturated heterocycles. The van der Waals surface area contributed by atoms with Crippen LogP contribution in [0.5, 0.6) is 5.75 Å². The topological polar surface area (TPSA) is 80.5 Å². The van der Waals surface area contributed by atoms with Gasteiger partial charge in [-0.25, -0.2) is 0 Å². The number of carbonyl (C=O) groups excluding carboxylic acids is 1. The van der Waals surface area contributed by atoms with Crippen LogP contribution >= 0.6 is 0 Å². The van der Waals surface area contributed by atoms with Crippen molar-refractivity contribution in [1.29, 1.82) is 0 Å². The Morgan fingerprint density at radius 2 is 2.03 bits per heavy atom. The van der Waals surface area contributed by atoms with Gasteiger partial charge in [0.05, 0.1) is 13.1 Å². The number of likely N-dealkylation sites (tertiary alicyclic amines) is 1. The Morgan fingerprint density at radius 1 is 1.09 bits per heavy atom. The van der Waals surface area contributed by atoms with Crippen LogP contribution in [-0.2, 0) is 6.54 Å². The van der Waals surface area contributed by atoms with E-state index >= 15 is 0 Å². The van der Waals surface area contributed by atoms with Gasteiger partial charge in [0.1, 0.15) is 18.0 Å². The van der Waals surface area contributed by atoms with Crippen molar-refractivity contribution in [2.75, 3.05) is 13.1 Å². The monoisotopic (exact) mass is 428 g/mol. The molecule has 1 aliphatic heterocycles. The van der Waals surface area contributed by atoms with E-state index in [0.29, 0.717) is 30.8 Å². The Hall–Kier alpha value is -3.71. The molecule has 162 valence electrons. The molecule has 0 saturated carbocycles. The maximum Gasteiger partial charge on any atom is 0.253 e. The first-order chi connectivity index (χ1) is 15.7. The molecule has 1 amide bonds. The Morgan fingerprint density at radius 3 is 2.88 bits per heavy atom. The molecule has 0 spiro atoms. The summed E-state index contributed by atoms with van der Waals surface area (Å²) in [6, 6.07) is 17.2. The smallest absolute Gasteiger partial charge is 0.253 e. The third-order valence-electron chi connectivity index (χ3n) is 5.78. The van der Waals surface area contributed by atoms with E-state index in [9.17, 15) is 9.90 Å². The number of nitrogens with zero attached hydrogens (tertiary/aromatic N) is 4. The van der Waals surface area contributed by atoms with Crippen LogP contribution in [0.3, 0.4) is 0 Å². The average molecular weight is 428 g/mol. The first-order valence-corrected chi connectivity index (χ1v) is 10.7. The zero-order chi connectivity index (χ0) is 21.9. The highest BCUT2D eigenvalue weighted by Gasteiger charge is 2.32. The number of fused-ring (bicyclic) bond motifs is 1. The van der Waals surface area contributed by atoms with Crippen molar-refractivity contribution < 1.29 is 14.6 Å². The fraction of sp³-hybridized carbons (Fsp3) is 0.240. The van der Waals surface area contributed by atoms with Crippen LogP contribution in [0, 0.1) is 0 Å². The van der Waals surface area contributed by atoms with Crippen molar-refractivity contribution >= 4 is 16.7 Å². The zero-order valence-electron chi connectivity index (χ0n) is 17.5. The van der Waals surface area contributed by atoms with Crippen LogP contribution in [0.2, 0.25) is 0 Å². The van der Waals surface area contributed by atoms with Gasteiger partial charge in [-0.3, -0.25) is 14.5 Å². The Kier molecular flexibility index (Phi) is 5.56. The van der Waals surface area contributed by atoms with Crippen molar-refractivity contribution in [3.63, 3.8) is 0 Å². The van der Waals surface area contributed by atoms with Crippen molar-refractivity contribution in [2.24, 2.45) is 0 Å². The van der Waals surface area contributed by atoms with Crippen LogP contribution in [0.25, 0.3) is 10.8 Å². The molecule has 7 heteroatoms. The quantitative estimate of drug-likeness (QED) is 0.528. The second kappa shape index (κ2) is 8.80. The number of β-amino-alcohol motifs (C(OH)–C–C–N with tert-alkyl or cyclic N) is 1. The number of ether oxygens (including phenoxy) is 1. The van der Waals surface area contributed by atoms with E-state index in [0.717, 1.165) is 16.3 Å². The minimum absolute atomic E-state index is 0.0819. The highest BCUT2D eigenvalue weighted by Crippen LogP contribution is 2.24. The molecule has 0 unspecified atom stereocenters. The van der Waals surface area contributed by atoms with Crippen LogP contribution in [0.15, 0.2) is 79.4 Å². The number of pyridine rings is 1. The lowest BCUT2D eigenvalue weighted by Gasteiger charge is -2.36. The van der Waals surface area contributed by atoms with Gasteiger partial charge in [0.15, 0.2) is 0 Å². The SMILES string of the molecule is O=C(c1cccc(Cn2cccn2)c1)N1CC[C@@H](Oc2ccc3ccncc3c2)[C@H](O)C1. The Bertz CT molecular complexity index is 1220. The van der Waals surface area contributed by atoms with Gasteiger partial charge in [-0.15, -0.1) is 0 Å². The van der Waals surface area contributed by atoms with E-state index in [-0.39, 0.29) is 18.6 Å². The maximum atomic E-state index is 13.1. The highest BCUT2D eigenvalue weighted by molar-refractivity contribution is 5.94. The Balaban J connectivity index is 1.23. The molecule has 0 bridgehead atoms. The lowest BCUT2D eigenvalue weighted by atomic mass is 10.0. The number of benzene rings is 2. The molecule has 1 aliphatic rings. The van der Waals surface area contributed by atoms with Crippen LogP contribution < -0.4 is 4.74 Å². The van der Waals surface area contributed by atoms with Crippen molar-refractivity contribution in [1.82, 2.24) is 19.7 Å². The molecule has 2 aromatic carbocycles. The molecular weight excluding hydrogens is 404 g/mol. The summed E-state index contributed by atoms with van der Waals surface area (Å²) in [5.41, 5.74) is 1.62. The molecule has 0 radical (unpaired) electrons. The Labute approximate surface area is 185 Å². The third kappa shape index (κ3) is 4.33. The van der Waals surface area contributed by atoms with Gasteiger partial charge in [0, 0.05) is 48.7 Å². The predicted molar refractivity (Wildman–Crippen MR) is 120 cm³/mol. The van der Waals surface area contributed by atoms with E-state index < -0.39 is 6.10 Å². The largest absolute Gasteiger partial charge is 0.488 e. The zero-order valence-corrected chi connectivity index (χ0v) is 17.5. The highest BCUT2D eigenvalue weighted by atomic mass is 16.5. The summed E-state index contributed by atoms with van der Waals surface area (Å²) >= 11 is 0. The second-order valence-corrected chi connectivity index (χ2v) is 8.05. The second-order valence-electron chi connectivity index (χ2n) is 8.05. The van der Waals surface area contributed by atoms with Crippen molar-refractivity contribution in [2.45, 2.75) is 25.2 Å². The molecule has 32 heavy (non-hydrogen) atoms. The summed E-state index contributed by atoms with van der Waals surface area (Å²) in [5, 5.41) is 17.0. The number of carbonyl (C=O) groups is 1. The fourth-order valence-electron chi connectivity index (χ4n) is 4.11. The molecule has 4 aromatic rings. The summed E-state index contributed by atoms with van der Waals surface area (Å²) in [6.07, 6.45) is 6.61. The molecule has 0 aliphatic carbocycles. The minimum atomic E-state index is -0.760. The van der Waals surface area contributed by atoms with E-state index in [1.54, 1.807) is 23.5 Å². The average Bonchev–Trinajstić information content (AvgIpc) is 3.33. The first kappa shape index (κ1) is 20.2. The molecule has 7 nitrogen and oxygen atoms in total.